The maximum Gasteiger partial charge on any atom is 0.433 e. The number of quaternary nitrogens is 1. The van der Waals surface area contributed by atoms with E-state index in [-0.39, 0.29) is 22.8 Å². The van der Waals surface area contributed by atoms with Crippen LogP contribution in [0.3, 0.4) is 0 Å². The Morgan fingerprint density at radius 3 is 2.50 bits per heavy atom. The van der Waals surface area contributed by atoms with Gasteiger partial charge in [0.25, 0.3) is 5.91 Å². The quantitative estimate of drug-likeness (QED) is 0.462. The van der Waals surface area contributed by atoms with Crippen molar-refractivity contribution in [2.45, 2.75) is 12.7 Å². The zero-order chi connectivity index (χ0) is 25.3. The summed E-state index contributed by atoms with van der Waals surface area (Å²) in [6.45, 7) is 3.35. The molecule has 0 saturated carbocycles. The first-order valence-electron chi connectivity index (χ1n) is 11.6. The van der Waals surface area contributed by atoms with Crippen LogP contribution in [0.5, 0.6) is 5.75 Å². The van der Waals surface area contributed by atoms with E-state index >= 15 is 0 Å². The van der Waals surface area contributed by atoms with Gasteiger partial charge < -0.3 is 14.5 Å². The van der Waals surface area contributed by atoms with E-state index in [2.05, 4.69) is 22.2 Å². The van der Waals surface area contributed by atoms with Gasteiger partial charge in [-0.3, -0.25) is 4.79 Å². The number of nitrogens with zero attached hydrogens (tertiary/aromatic N) is 4. The first kappa shape index (κ1) is 23.8. The minimum atomic E-state index is -4.69. The molecular weight excluding hydrogens is 471 g/mol. The number of nitrogens with one attached hydrogen (secondary N) is 1. The number of alkyl halides is 3. The van der Waals surface area contributed by atoms with Gasteiger partial charge in [-0.05, 0) is 18.2 Å². The Morgan fingerprint density at radius 2 is 1.81 bits per heavy atom. The highest BCUT2D eigenvalue weighted by Crippen LogP contribution is 2.33. The zero-order valence-electron chi connectivity index (χ0n) is 19.6. The lowest BCUT2D eigenvalue weighted by molar-refractivity contribution is -0.917. The highest BCUT2D eigenvalue weighted by atomic mass is 19.4. The van der Waals surface area contributed by atoms with E-state index in [4.69, 9.17) is 4.74 Å². The van der Waals surface area contributed by atoms with Crippen molar-refractivity contribution in [2.24, 2.45) is 0 Å². The van der Waals surface area contributed by atoms with Crippen LogP contribution in [0.15, 0.2) is 66.9 Å². The SMILES string of the molecule is COc1cccc(-c2cc(C(F)(F)F)n3ncc(C(=O)N4CC[NH+](Cc5ccccc5)CC4)c3n2)c1. The van der Waals surface area contributed by atoms with Crippen LogP contribution in [0.25, 0.3) is 16.9 Å². The second kappa shape index (κ2) is 9.62. The molecule has 10 heteroatoms. The maximum atomic E-state index is 13.9. The Kier molecular flexibility index (Phi) is 6.36. The lowest BCUT2D eigenvalue weighted by Crippen LogP contribution is -3.13. The van der Waals surface area contributed by atoms with Gasteiger partial charge in [0.2, 0.25) is 0 Å². The largest absolute Gasteiger partial charge is 0.497 e. The molecule has 1 saturated heterocycles. The molecule has 7 nitrogen and oxygen atoms in total. The van der Waals surface area contributed by atoms with Gasteiger partial charge in [0.15, 0.2) is 11.3 Å². The Labute approximate surface area is 205 Å². The Bertz CT molecular complexity index is 1380. The van der Waals surface area contributed by atoms with E-state index in [1.165, 1.54) is 23.8 Å². The van der Waals surface area contributed by atoms with Crippen molar-refractivity contribution >= 4 is 11.6 Å². The Balaban J connectivity index is 1.44. The summed E-state index contributed by atoms with van der Waals surface area (Å²) in [5.41, 5.74) is 0.689. The molecule has 0 radical (unpaired) electrons. The third-order valence-electron chi connectivity index (χ3n) is 6.41. The van der Waals surface area contributed by atoms with Crippen LogP contribution < -0.4 is 9.64 Å². The summed E-state index contributed by atoms with van der Waals surface area (Å²) in [4.78, 5) is 20.8. The number of amides is 1. The average molecular weight is 497 g/mol. The summed E-state index contributed by atoms with van der Waals surface area (Å²) >= 11 is 0. The Morgan fingerprint density at radius 1 is 1.06 bits per heavy atom. The first-order chi connectivity index (χ1) is 17.3. The number of halogens is 3. The number of methoxy groups -OCH3 is 1. The predicted molar refractivity (Wildman–Crippen MR) is 127 cm³/mol. The normalized spacial score (nSPS) is 14.8. The fourth-order valence-electron chi connectivity index (χ4n) is 4.50. The summed E-state index contributed by atoms with van der Waals surface area (Å²) < 4.78 is 47.7. The number of carbonyl (C=O) groups is 1. The molecule has 36 heavy (non-hydrogen) atoms. The van der Waals surface area contributed by atoms with Crippen molar-refractivity contribution in [3.63, 3.8) is 0 Å². The summed E-state index contributed by atoms with van der Waals surface area (Å²) in [7, 11) is 1.48. The fourth-order valence-corrected chi connectivity index (χ4v) is 4.50. The third kappa shape index (κ3) is 4.76. The highest BCUT2D eigenvalue weighted by molar-refractivity contribution is 6.00. The lowest BCUT2D eigenvalue weighted by Gasteiger charge is -2.32. The molecule has 1 aliphatic rings. The summed E-state index contributed by atoms with van der Waals surface area (Å²) in [5.74, 6) is 0.121. The smallest absolute Gasteiger partial charge is 0.433 e. The molecular formula is C26H25F3N5O2+. The molecule has 0 atom stereocenters. The number of hydrogen-bond acceptors (Lipinski definition) is 4. The fraction of sp³-hybridized carbons (Fsp3) is 0.269. The minimum Gasteiger partial charge on any atom is -0.497 e. The van der Waals surface area contributed by atoms with E-state index in [1.54, 1.807) is 29.2 Å². The van der Waals surface area contributed by atoms with Crippen molar-refractivity contribution in [3.05, 3.63) is 83.7 Å². The van der Waals surface area contributed by atoms with Gasteiger partial charge in [0.05, 0.1) is 45.2 Å². The van der Waals surface area contributed by atoms with Crippen molar-refractivity contribution in [1.82, 2.24) is 19.5 Å². The second-order valence-corrected chi connectivity index (χ2v) is 8.75. The molecule has 2 aromatic carbocycles. The summed E-state index contributed by atoms with van der Waals surface area (Å²) in [5, 5.41) is 3.90. The van der Waals surface area contributed by atoms with E-state index in [0.717, 1.165) is 25.7 Å². The van der Waals surface area contributed by atoms with E-state index in [9.17, 15) is 18.0 Å². The molecule has 0 spiro atoms. The van der Waals surface area contributed by atoms with Gasteiger partial charge in [-0.25, -0.2) is 9.50 Å². The molecule has 2 aromatic heterocycles. The van der Waals surface area contributed by atoms with Crippen molar-refractivity contribution in [3.8, 4) is 17.0 Å². The van der Waals surface area contributed by atoms with Gasteiger partial charge in [0.1, 0.15) is 17.9 Å². The molecule has 1 fully saturated rings. The zero-order valence-corrected chi connectivity index (χ0v) is 19.6. The van der Waals surface area contributed by atoms with Crippen LogP contribution in [0.4, 0.5) is 13.2 Å². The molecule has 0 bridgehead atoms. The average Bonchev–Trinajstić information content (AvgIpc) is 3.32. The topological polar surface area (TPSA) is 64.2 Å². The highest BCUT2D eigenvalue weighted by Gasteiger charge is 2.36. The van der Waals surface area contributed by atoms with E-state index in [0.29, 0.717) is 28.9 Å². The van der Waals surface area contributed by atoms with Crippen molar-refractivity contribution in [2.75, 3.05) is 33.3 Å². The molecule has 4 aromatic rings. The molecule has 0 unspecified atom stereocenters. The van der Waals surface area contributed by atoms with Crippen molar-refractivity contribution < 1.29 is 27.6 Å². The first-order valence-corrected chi connectivity index (χ1v) is 11.6. The lowest BCUT2D eigenvalue weighted by atomic mass is 10.1. The van der Waals surface area contributed by atoms with E-state index < -0.39 is 11.9 Å². The van der Waals surface area contributed by atoms with Crippen LogP contribution >= 0.6 is 0 Å². The monoisotopic (exact) mass is 496 g/mol. The summed E-state index contributed by atoms with van der Waals surface area (Å²) in [6, 6.07) is 17.7. The number of carbonyl (C=O) groups excluding carboxylic acids is 1. The van der Waals surface area contributed by atoms with Crippen LogP contribution in [-0.4, -0.2) is 58.7 Å². The number of fused-ring (bicyclic) bond motifs is 1. The summed E-state index contributed by atoms with van der Waals surface area (Å²) in [6.07, 6.45) is -3.51. The predicted octanol–water partition coefficient (Wildman–Crippen LogP) is 2.96. The molecule has 5 rings (SSSR count). The maximum absolute atomic E-state index is 13.9. The van der Waals surface area contributed by atoms with Gasteiger partial charge in [0, 0.05) is 11.1 Å². The van der Waals surface area contributed by atoms with Crippen LogP contribution in [0.1, 0.15) is 21.6 Å². The molecule has 3 heterocycles. The van der Waals surface area contributed by atoms with Gasteiger partial charge >= 0.3 is 6.18 Å². The van der Waals surface area contributed by atoms with Gasteiger partial charge in [-0.1, -0.05) is 42.5 Å². The Hall–Kier alpha value is -3.92. The minimum absolute atomic E-state index is 0.0526. The van der Waals surface area contributed by atoms with Crippen LogP contribution in [0.2, 0.25) is 0 Å². The molecule has 1 amide bonds. The van der Waals surface area contributed by atoms with Crippen molar-refractivity contribution in [1.29, 1.82) is 0 Å². The second-order valence-electron chi connectivity index (χ2n) is 8.75. The van der Waals surface area contributed by atoms with Crippen LogP contribution in [0, 0.1) is 0 Å². The number of ether oxygens (including phenoxy) is 1. The third-order valence-corrected chi connectivity index (χ3v) is 6.41. The number of piperazine rings is 1. The standard InChI is InChI=1S/C26H24F3N5O2/c1-36-20-9-5-8-19(14-20)22-15-23(26(27,28)29)34-24(31-22)21(16-30-34)25(35)33-12-10-32(11-13-33)17-18-6-3-2-4-7-18/h2-9,14-16H,10-13,17H2,1H3/p+1. The molecule has 1 aliphatic heterocycles. The molecule has 1 N–H and O–H groups in total. The van der Waals surface area contributed by atoms with Gasteiger partial charge in [-0.2, -0.15) is 18.3 Å². The van der Waals surface area contributed by atoms with Gasteiger partial charge in [-0.15, -0.1) is 0 Å². The number of aromatic nitrogens is 3. The van der Waals surface area contributed by atoms with E-state index in [1.807, 2.05) is 18.2 Å². The van der Waals surface area contributed by atoms with Crippen LogP contribution in [-0.2, 0) is 12.7 Å². The number of benzene rings is 2. The number of rotatable bonds is 5. The molecule has 186 valence electrons. The number of hydrogen-bond donors (Lipinski definition) is 1. The molecule has 0 aliphatic carbocycles.